The van der Waals surface area contributed by atoms with Crippen LogP contribution in [0.4, 0.5) is 5.82 Å². The predicted octanol–water partition coefficient (Wildman–Crippen LogP) is 4.72. The summed E-state index contributed by atoms with van der Waals surface area (Å²) in [7, 11) is -3.86. The lowest BCUT2D eigenvalue weighted by molar-refractivity contribution is 0.592. The van der Waals surface area contributed by atoms with Crippen molar-refractivity contribution in [3.05, 3.63) is 65.7 Å². The van der Waals surface area contributed by atoms with E-state index in [4.69, 9.17) is 0 Å². The van der Waals surface area contributed by atoms with Crippen LogP contribution in [0.3, 0.4) is 0 Å². The molecule has 164 valence electrons. The number of nitrogens with one attached hydrogen (secondary N) is 1. The summed E-state index contributed by atoms with van der Waals surface area (Å²) >= 11 is 0. The summed E-state index contributed by atoms with van der Waals surface area (Å²) in [6.07, 6.45) is 8.12. The number of anilines is 1. The number of allylic oxidation sites excluding steroid dienone is 1. The van der Waals surface area contributed by atoms with Crippen LogP contribution in [-0.2, 0) is 9.84 Å². The van der Waals surface area contributed by atoms with Gasteiger partial charge >= 0.3 is 0 Å². The Balaban J connectivity index is 1.56. The molecule has 0 spiro atoms. The molecule has 1 N–H and O–H groups in total. The van der Waals surface area contributed by atoms with E-state index in [1.165, 1.54) is 22.9 Å². The van der Waals surface area contributed by atoms with E-state index in [9.17, 15) is 8.42 Å². The predicted molar refractivity (Wildman–Crippen MR) is 125 cm³/mol. The molecule has 0 amide bonds. The molecule has 2 heterocycles. The highest BCUT2D eigenvalue weighted by Gasteiger charge is 2.27. The molecule has 32 heavy (non-hydrogen) atoms. The molecule has 0 radical (unpaired) electrons. The van der Waals surface area contributed by atoms with Gasteiger partial charge in [-0.25, -0.2) is 13.4 Å². The molecule has 1 aliphatic rings. The first-order chi connectivity index (χ1) is 15.5. The van der Waals surface area contributed by atoms with E-state index in [-0.39, 0.29) is 15.6 Å². The topological polar surface area (TPSA) is 89.2 Å². The van der Waals surface area contributed by atoms with E-state index >= 15 is 0 Å². The molecule has 1 aliphatic carbocycles. The van der Waals surface area contributed by atoms with Gasteiger partial charge in [-0.05, 0) is 63.3 Å². The maximum Gasteiger partial charge on any atom is 0.229 e. The highest BCUT2D eigenvalue weighted by molar-refractivity contribution is 7.91. The zero-order valence-electron chi connectivity index (χ0n) is 18.0. The molecule has 0 atom stereocenters. The normalized spacial score (nSPS) is 14.6. The molecule has 0 bridgehead atoms. The number of benzene rings is 2. The third kappa shape index (κ3) is 3.75. The van der Waals surface area contributed by atoms with E-state index in [0.717, 1.165) is 42.3 Å². The van der Waals surface area contributed by atoms with Gasteiger partial charge in [-0.15, -0.1) is 5.10 Å². The second kappa shape index (κ2) is 8.35. The average molecular weight is 448 g/mol. The van der Waals surface area contributed by atoms with Gasteiger partial charge in [-0.2, -0.15) is 4.52 Å². The van der Waals surface area contributed by atoms with Crippen molar-refractivity contribution in [3.8, 4) is 0 Å². The van der Waals surface area contributed by atoms with Gasteiger partial charge in [-0.1, -0.05) is 46.7 Å². The van der Waals surface area contributed by atoms with Crippen LogP contribution in [-0.4, -0.2) is 34.8 Å². The second-order valence-corrected chi connectivity index (χ2v) is 10.1. The molecule has 2 aromatic heterocycles. The van der Waals surface area contributed by atoms with E-state index in [2.05, 4.69) is 26.7 Å². The Morgan fingerprint density at radius 3 is 2.66 bits per heavy atom. The number of hydrogen-bond acceptors (Lipinski definition) is 6. The Labute approximate surface area is 187 Å². The van der Waals surface area contributed by atoms with Crippen LogP contribution in [0, 0.1) is 6.92 Å². The average Bonchev–Trinajstić information content (AvgIpc) is 3.25. The van der Waals surface area contributed by atoms with Crippen molar-refractivity contribution in [2.24, 2.45) is 0 Å². The summed E-state index contributed by atoms with van der Waals surface area (Å²) < 4.78 is 28.1. The van der Waals surface area contributed by atoms with Gasteiger partial charge in [0.2, 0.25) is 14.9 Å². The number of aromatic nitrogens is 4. The fraction of sp³-hybridized carbons (Fsp3) is 0.292. The molecule has 0 aliphatic heterocycles. The number of aryl methyl sites for hydroxylation is 1. The molecule has 4 aromatic rings. The summed E-state index contributed by atoms with van der Waals surface area (Å²) in [6, 6.07) is 14.4. The third-order valence-electron chi connectivity index (χ3n) is 5.93. The summed E-state index contributed by atoms with van der Waals surface area (Å²) in [4.78, 5) is 4.86. The smallest absolute Gasteiger partial charge is 0.229 e. The minimum Gasteiger partial charge on any atom is -0.369 e. The Hall–Kier alpha value is -3.26. The standard InChI is InChI=1S/C24H25N5O2S/c1-17-11-13-19(14-12-17)32(30,31)24-23-26-22(25-16-15-18-7-3-2-4-8-18)20-9-5-6-10-21(20)29(23)28-27-24/h5-7,9-14H,2-4,8,15-16H2,1H3,(H,25,26). The summed E-state index contributed by atoms with van der Waals surface area (Å²) in [5.41, 5.74) is 3.45. The molecule has 0 unspecified atom stereocenters. The number of sulfone groups is 1. The number of fused-ring (bicyclic) bond motifs is 3. The highest BCUT2D eigenvalue weighted by atomic mass is 32.2. The molecule has 0 saturated carbocycles. The maximum atomic E-state index is 13.3. The van der Waals surface area contributed by atoms with Crippen LogP contribution >= 0.6 is 0 Å². The minimum absolute atomic E-state index is 0.134. The van der Waals surface area contributed by atoms with Crippen molar-refractivity contribution in [2.75, 3.05) is 11.9 Å². The van der Waals surface area contributed by atoms with Crippen molar-refractivity contribution in [2.45, 2.75) is 48.9 Å². The molecule has 0 fully saturated rings. The Bertz CT molecular complexity index is 1420. The number of para-hydroxylation sites is 1. The zero-order valence-corrected chi connectivity index (χ0v) is 18.8. The summed E-state index contributed by atoms with van der Waals surface area (Å²) in [5.74, 6) is 0.646. The van der Waals surface area contributed by atoms with E-state index in [1.54, 1.807) is 24.3 Å². The molecule has 0 saturated heterocycles. The van der Waals surface area contributed by atoms with Crippen molar-refractivity contribution in [1.82, 2.24) is 19.8 Å². The van der Waals surface area contributed by atoms with E-state index in [1.807, 2.05) is 31.2 Å². The van der Waals surface area contributed by atoms with Crippen molar-refractivity contribution < 1.29 is 8.42 Å². The monoisotopic (exact) mass is 447 g/mol. The van der Waals surface area contributed by atoms with Gasteiger partial charge in [-0.3, -0.25) is 0 Å². The lowest BCUT2D eigenvalue weighted by atomic mass is 9.97. The lowest BCUT2D eigenvalue weighted by Gasteiger charge is -2.14. The van der Waals surface area contributed by atoms with Crippen molar-refractivity contribution in [1.29, 1.82) is 0 Å². The largest absolute Gasteiger partial charge is 0.369 e. The molecule has 8 heteroatoms. The number of nitrogens with zero attached hydrogens (tertiary/aromatic N) is 4. The third-order valence-corrected chi connectivity index (χ3v) is 7.60. The Morgan fingerprint density at radius 1 is 1.06 bits per heavy atom. The minimum atomic E-state index is -3.86. The van der Waals surface area contributed by atoms with Crippen LogP contribution < -0.4 is 5.32 Å². The van der Waals surface area contributed by atoms with E-state index in [0.29, 0.717) is 5.82 Å². The van der Waals surface area contributed by atoms with Gasteiger partial charge in [0.15, 0.2) is 5.65 Å². The Kier molecular flexibility index (Phi) is 5.38. The van der Waals surface area contributed by atoms with Crippen molar-refractivity contribution >= 4 is 32.2 Å². The Morgan fingerprint density at radius 2 is 1.88 bits per heavy atom. The molecular formula is C24H25N5O2S. The van der Waals surface area contributed by atoms with Crippen LogP contribution in [0.15, 0.2) is 70.1 Å². The molecular weight excluding hydrogens is 422 g/mol. The first-order valence-corrected chi connectivity index (χ1v) is 12.4. The van der Waals surface area contributed by atoms with E-state index < -0.39 is 9.84 Å². The number of rotatable bonds is 6. The maximum absolute atomic E-state index is 13.3. The van der Waals surface area contributed by atoms with Crippen LogP contribution in [0.5, 0.6) is 0 Å². The SMILES string of the molecule is Cc1ccc(S(=O)(=O)c2nnn3c2nc(NCCC2=CCCCC2)c2ccccc23)cc1. The number of hydrogen-bond donors (Lipinski definition) is 1. The summed E-state index contributed by atoms with van der Waals surface area (Å²) in [5, 5.41) is 12.3. The zero-order chi connectivity index (χ0) is 22.1. The van der Waals surface area contributed by atoms with Gasteiger partial charge in [0.25, 0.3) is 0 Å². The molecule has 5 rings (SSSR count). The molecule has 7 nitrogen and oxygen atoms in total. The van der Waals surface area contributed by atoms with Gasteiger partial charge < -0.3 is 5.32 Å². The van der Waals surface area contributed by atoms with Crippen LogP contribution in [0.25, 0.3) is 16.6 Å². The van der Waals surface area contributed by atoms with Gasteiger partial charge in [0.05, 0.1) is 10.4 Å². The van der Waals surface area contributed by atoms with Crippen LogP contribution in [0.1, 0.15) is 37.7 Å². The fourth-order valence-corrected chi connectivity index (χ4v) is 5.39. The highest BCUT2D eigenvalue weighted by Crippen LogP contribution is 2.28. The lowest BCUT2D eigenvalue weighted by Crippen LogP contribution is -2.09. The van der Waals surface area contributed by atoms with Crippen LogP contribution in [0.2, 0.25) is 0 Å². The summed E-state index contributed by atoms with van der Waals surface area (Å²) in [6.45, 7) is 2.65. The van der Waals surface area contributed by atoms with Crippen molar-refractivity contribution in [3.63, 3.8) is 0 Å². The first-order valence-electron chi connectivity index (χ1n) is 10.9. The first kappa shape index (κ1) is 20.6. The fourth-order valence-electron chi connectivity index (χ4n) is 4.16. The molecule has 2 aromatic carbocycles. The van der Waals surface area contributed by atoms with Gasteiger partial charge in [0, 0.05) is 11.9 Å². The second-order valence-electron chi connectivity index (χ2n) is 8.21. The quantitative estimate of drug-likeness (QED) is 0.430. The van der Waals surface area contributed by atoms with Gasteiger partial charge in [0.1, 0.15) is 5.82 Å².